The van der Waals surface area contributed by atoms with E-state index in [4.69, 9.17) is 10.00 Å². The van der Waals surface area contributed by atoms with Crippen LogP contribution >= 0.6 is 0 Å². The van der Waals surface area contributed by atoms with Gasteiger partial charge in [-0.05, 0) is 54.3 Å². The first kappa shape index (κ1) is 18.4. The molecule has 2 aromatic rings. The third kappa shape index (κ3) is 3.43. The number of benzene rings is 2. The Labute approximate surface area is 152 Å². The Morgan fingerprint density at radius 3 is 2.65 bits per heavy atom. The van der Waals surface area contributed by atoms with Crippen LogP contribution in [-0.2, 0) is 10.0 Å². The van der Waals surface area contributed by atoms with Crippen LogP contribution in [0.2, 0.25) is 0 Å². The van der Waals surface area contributed by atoms with Gasteiger partial charge >= 0.3 is 0 Å². The number of ether oxygens (including phenoxy) is 1. The summed E-state index contributed by atoms with van der Waals surface area (Å²) in [6, 6.07) is 13.7. The molecule has 0 N–H and O–H groups in total. The Morgan fingerprint density at radius 2 is 2.00 bits per heavy atom. The predicted molar refractivity (Wildman–Crippen MR) is 94.4 cm³/mol. The van der Waals surface area contributed by atoms with E-state index in [1.54, 1.807) is 25.3 Å². The van der Waals surface area contributed by atoms with Crippen molar-refractivity contribution in [2.75, 3.05) is 13.7 Å². The number of hydrogen-bond donors (Lipinski definition) is 0. The molecule has 0 amide bonds. The minimum atomic E-state index is -3.81. The zero-order valence-corrected chi connectivity index (χ0v) is 15.1. The summed E-state index contributed by atoms with van der Waals surface area (Å²) in [5.74, 6) is 0.0311. The van der Waals surface area contributed by atoms with Crippen molar-refractivity contribution in [3.63, 3.8) is 0 Å². The highest BCUT2D eigenvalue weighted by atomic mass is 32.2. The van der Waals surface area contributed by atoms with E-state index in [9.17, 15) is 12.8 Å². The molecule has 7 heteroatoms. The van der Waals surface area contributed by atoms with Crippen molar-refractivity contribution in [2.45, 2.75) is 23.8 Å². The Morgan fingerprint density at radius 1 is 1.27 bits per heavy atom. The fourth-order valence-electron chi connectivity index (χ4n) is 3.43. The minimum Gasteiger partial charge on any atom is -0.497 e. The van der Waals surface area contributed by atoms with Crippen molar-refractivity contribution in [1.29, 1.82) is 5.26 Å². The highest BCUT2D eigenvalue weighted by Crippen LogP contribution is 2.43. The van der Waals surface area contributed by atoms with Crippen LogP contribution < -0.4 is 4.74 Å². The van der Waals surface area contributed by atoms with E-state index in [0.29, 0.717) is 18.7 Å². The topological polar surface area (TPSA) is 70.4 Å². The van der Waals surface area contributed by atoms with Crippen molar-refractivity contribution in [2.24, 2.45) is 5.92 Å². The number of sulfonamides is 1. The Hall–Kier alpha value is -2.43. The van der Waals surface area contributed by atoms with Crippen LogP contribution in [0.5, 0.6) is 5.75 Å². The van der Waals surface area contributed by atoms with Gasteiger partial charge in [0.05, 0.1) is 24.1 Å². The van der Waals surface area contributed by atoms with Crippen LogP contribution in [0.25, 0.3) is 0 Å². The second-order valence-corrected chi connectivity index (χ2v) is 8.09. The first-order valence-corrected chi connectivity index (χ1v) is 9.69. The number of hydrogen-bond acceptors (Lipinski definition) is 4. The fourth-order valence-corrected chi connectivity index (χ4v) is 5.12. The zero-order valence-electron chi connectivity index (χ0n) is 14.3. The van der Waals surface area contributed by atoms with Gasteiger partial charge in [-0.1, -0.05) is 12.1 Å². The third-order valence-corrected chi connectivity index (χ3v) is 6.58. The molecule has 1 fully saturated rings. The molecular formula is C19H19FN2O3S. The van der Waals surface area contributed by atoms with Gasteiger partial charge in [-0.2, -0.15) is 9.57 Å². The van der Waals surface area contributed by atoms with Crippen LogP contribution in [-0.4, -0.2) is 26.4 Å². The van der Waals surface area contributed by atoms with E-state index < -0.39 is 21.9 Å². The maximum absolute atomic E-state index is 13.2. The van der Waals surface area contributed by atoms with Crippen LogP contribution in [0.1, 0.15) is 24.4 Å². The molecule has 136 valence electrons. The molecule has 0 radical (unpaired) electrons. The number of rotatable bonds is 5. The maximum Gasteiger partial charge on any atom is 0.243 e. The summed E-state index contributed by atoms with van der Waals surface area (Å²) in [6.45, 7) is 0.313. The van der Waals surface area contributed by atoms with E-state index in [1.165, 1.54) is 16.4 Å². The van der Waals surface area contributed by atoms with Crippen molar-refractivity contribution >= 4 is 10.0 Å². The average molecular weight is 374 g/mol. The van der Waals surface area contributed by atoms with Crippen LogP contribution in [0.4, 0.5) is 4.39 Å². The molecule has 1 saturated heterocycles. The Balaban J connectivity index is 2.04. The normalized spacial score (nSPS) is 20.7. The van der Waals surface area contributed by atoms with Gasteiger partial charge in [0.15, 0.2) is 0 Å². The summed E-state index contributed by atoms with van der Waals surface area (Å²) >= 11 is 0. The van der Waals surface area contributed by atoms with Crippen molar-refractivity contribution < 1.29 is 17.5 Å². The first-order chi connectivity index (χ1) is 12.5. The molecule has 1 heterocycles. The summed E-state index contributed by atoms with van der Waals surface area (Å²) in [5, 5.41) is 9.14. The second kappa shape index (κ2) is 7.44. The number of methoxy groups -OCH3 is 1. The SMILES string of the molecule is COc1cccc(C2C(CC#N)CCN2S(=O)(=O)c2ccc(F)cc2)c1. The number of halogens is 1. The van der Waals surface area contributed by atoms with Crippen molar-refractivity contribution in [1.82, 2.24) is 4.31 Å². The molecule has 0 spiro atoms. The standard InChI is InChI=1S/C19H19FN2O3S/c1-25-17-4-2-3-15(13-17)19-14(9-11-21)10-12-22(19)26(23,24)18-7-5-16(20)6-8-18/h2-8,13-14,19H,9-10,12H2,1H3. The molecule has 1 aliphatic heterocycles. The highest BCUT2D eigenvalue weighted by Gasteiger charge is 2.42. The zero-order chi connectivity index (χ0) is 18.7. The van der Waals surface area contributed by atoms with Crippen LogP contribution in [0.3, 0.4) is 0 Å². The largest absolute Gasteiger partial charge is 0.497 e. The second-order valence-electron chi connectivity index (χ2n) is 6.20. The van der Waals surface area contributed by atoms with Gasteiger partial charge in [-0.3, -0.25) is 0 Å². The van der Waals surface area contributed by atoms with Gasteiger partial charge in [-0.25, -0.2) is 12.8 Å². The lowest BCUT2D eigenvalue weighted by Crippen LogP contribution is -2.32. The molecule has 0 saturated carbocycles. The molecule has 2 unspecified atom stereocenters. The monoisotopic (exact) mass is 374 g/mol. The highest BCUT2D eigenvalue weighted by molar-refractivity contribution is 7.89. The minimum absolute atomic E-state index is 0.0457. The van der Waals surface area contributed by atoms with E-state index >= 15 is 0 Å². The van der Waals surface area contributed by atoms with E-state index in [2.05, 4.69) is 6.07 Å². The summed E-state index contributed by atoms with van der Waals surface area (Å²) in [7, 11) is -2.26. The molecule has 2 atom stereocenters. The lowest BCUT2D eigenvalue weighted by Gasteiger charge is -2.27. The molecule has 3 rings (SSSR count). The molecule has 26 heavy (non-hydrogen) atoms. The first-order valence-electron chi connectivity index (χ1n) is 8.25. The quantitative estimate of drug-likeness (QED) is 0.803. The molecular weight excluding hydrogens is 355 g/mol. The molecule has 1 aliphatic rings. The van der Waals surface area contributed by atoms with Gasteiger partial charge in [0.1, 0.15) is 11.6 Å². The Bertz CT molecular complexity index is 923. The lowest BCUT2D eigenvalue weighted by molar-refractivity contribution is 0.344. The number of nitriles is 1. The number of nitrogens with zero attached hydrogens (tertiary/aromatic N) is 2. The summed E-state index contributed by atoms with van der Waals surface area (Å²) in [5.41, 5.74) is 0.785. The maximum atomic E-state index is 13.2. The van der Waals surface area contributed by atoms with Gasteiger partial charge in [0.25, 0.3) is 0 Å². The van der Waals surface area contributed by atoms with E-state index in [1.807, 2.05) is 6.07 Å². The average Bonchev–Trinajstić information content (AvgIpc) is 3.07. The lowest BCUT2D eigenvalue weighted by atomic mass is 9.92. The van der Waals surface area contributed by atoms with Crippen molar-refractivity contribution in [3.05, 3.63) is 59.9 Å². The molecule has 5 nitrogen and oxygen atoms in total. The molecule has 0 bridgehead atoms. The smallest absolute Gasteiger partial charge is 0.243 e. The van der Waals surface area contributed by atoms with E-state index in [-0.39, 0.29) is 17.2 Å². The van der Waals surface area contributed by atoms with E-state index in [0.717, 1.165) is 17.7 Å². The summed E-state index contributed by atoms with van der Waals surface area (Å²) in [4.78, 5) is 0.0457. The van der Waals surface area contributed by atoms with Crippen molar-refractivity contribution in [3.8, 4) is 11.8 Å². The molecule has 2 aromatic carbocycles. The summed E-state index contributed by atoms with van der Waals surface area (Å²) < 4.78 is 46.1. The third-order valence-electron chi connectivity index (χ3n) is 4.69. The Kier molecular flexibility index (Phi) is 5.25. The van der Waals surface area contributed by atoms with Gasteiger partial charge in [0, 0.05) is 13.0 Å². The predicted octanol–water partition coefficient (Wildman–Crippen LogP) is 3.50. The van der Waals surface area contributed by atoms with Crippen LogP contribution in [0.15, 0.2) is 53.4 Å². The molecule has 0 aromatic heterocycles. The van der Waals surface area contributed by atoms with Crippen LogP contribution in [0, 0.1) is 23.1 Å². The summed E-state index contributed by atoms with van der Waals surface area (Å²) in [6.07, 6.45) is 0.854. The fraction of sp³-hybridized carbons (Fsp3) is 0.316. The van der Waals surface area contributed by atoms with Gasteiger partial charge < -0.3 is 4.74 Å². The van der Waals surface area contributed by atoms with Gasteiger partial charge in [-0.15, -0.1) is 0 Å². The van der Waals surface area contributed by atoms with Gasteiger partial charge in [0.2, 0.25) is 10.0 Å². The molecule has 0 aliphatic carbocycles.